The second kappa shape index (κ2) is 7.03. The third kappa shape index (κ3) is 3.21. The molecule has 1 aliphatic heterocycles. The molecule has 1 unspecified atom stereocenters. The number of hydrogen-bond donors (Lipinski definition) is 1. The van der Waals surface area contributed by atoms with Crippen LogP contribution < -0.4 is 5.32 Å². The summed E-state index contributed by atoms with van der Waals surface area (Å²) < 4.78 is 0. The zero-order valence-corrected chi connectivity index (χ0v) is 13.2. The van der Waals surface area contributed by atoms with Gasteiger partial charge in [-0.25, -0.2) is 0 Å². The SMILES string of the molecule is CCCC(=O)C(c1ccc2ccccc2c1)N1CCNCC1. The molecule has 1 N–H and O–H groups in total. The third-order valence-electron chi connectivity index (χ3n) is 4.41. The zero-order chi connectivity index (χ0) is 15.4. The summed E-state index contributed by atoms with van der Waals surface area (Å²) in [6, 6.07) is 14.7. The van der Waals surface area contributed by atoms with Crippen molar-refractivity contribution in [2.75, 3.05) is 26.2 Å². The molecule has 1 heterocycles. The van der Waals surface area contributed by atoms with Crippen molar-refractivity contribution in [3.63, 3.8) is 0 Å². The van der Waals surface area contributed by atoms with E-state index < -0.39 is 0 Å². The molecule has 2 aromatic rings. The minimum Gasteiger partial charge on any atom is -0.314 e. The molecule has 116 valence electrons. The van der Waals surface area contributed by atoms with Crippen molar-refractivity contribution in [2.24, 2.45) is 0 Å². The fourth-order valence-electron chi connectivity index (χ4n) is 3.30. The lowest BCUT2D eigenvalue weighted by Gasteiger charge is -2.34. The highest BCUT2D eigenvalue weighted by Gasteiger charge is 2.27. The van der Waals surface area contributed by atoms with Crippen LogP contribution in [0.3, 0.4) is 0 Å². The maximum atomic E-state index is 12.7. The number of Topliss-reactive ketones (excluding diaryl/α,β-unsaturated/α-hetero) is 1. The van der Waals surface area contributed by atoms with Gasteiger partial charge >= 0.3 is 0 Å². The lowest BCUT2D eigenvalue weighted by atomic mass is 9.95. The number of carbonyl (C=O) groups is 1. The summed E-state index contributed by atoms with van der Waals surface area (Å²) in [5.41, 5.74) is 1.14. The van der Waals surface area contributed by atoms with Crippen molar-refractivity contribution >= 4 is 16.6 Å². The Kier molecular flexibility index (Phi) is 4.86. The first-order chi connectivity index (χ1) is 10.8. The monoisotopic (exact) mass is 296 g/mol. The van der Waals surface area contributed by atoms with Crippen LogP contribution in [0, 0.1) is 0 Å². The highest BCUT2D eigenvalue weighted by atomic mass is 16.1. The smallest absolute Gasteiger partial charge is 0.154 e. The zero-order valence-electron chi connectivity index (χ0n) is 13.2. The van der Waals surface area contributed by atoms with E-state index in [0.29, 0.717) is 12.2 Å². The third-order valence-corrected chi connectivity index (χ3v) is 4.41. The predicted molar refractivity (Wildman–Crippen MR) is 91.0 cm³/mol. The summed E-state index contributed by atoms with van der Waals surface area (Å²) in [6.07, 6.45) is 1.57. The summed E-state index contributed by atoms with van der Waals surface area (Å²) >= 11 is 0. The van der Waals surface area contributed by atoms with Crippen LogP contribution in [-0.4, -0.2) is 36.9 Å². The number of nitrogens with zero attached hydrogens (tertiary/aromatic N) is 1. The lowest BCUT2D eigenvalue weighted by Crippen LogP contribution is -2.47. The molecule has 22 heavy (non-hydrogen) atoms. The first-order valence-corrected chi connectivity index (χ1v) is 8.26. The molecule has 0 saturated carbocycles. The van der Waals surface area contributed by atoms with Crippen molar-refractivity contribution in [1.29, 1.82) is 0 Å². The van der Waals surface area contributed by atoms with Crippen LogP contribution in [0.5, 0.6) is 0 Å². The van der Waals surface area contributed by atoms with E-state index >= 15 is 0 Å². The Labute approximate surface area is 132 Å². The fraction of sp³-hybridized carbons (Fsp3) is 0.421. The van der Waals surface area contributed by atoms with Gasteiger partial charge < -0.3 is 5.32 Å². The topological polar surface area (TPSA) is 32.3 Å². The van der Waals surface area contributed by atoms with E-state index in [1.54, 1.807) is 0 Å². The number of ketones is 1. The van der Waals surface area contributed by atoms with Crippen LogP contribution in [0.15, 0.2) is 42.5 Å². The van der Waals surface area contributed by atoms with Gasteiger partial charge in [-0.2, -0.15) is 0 Å². The van der Waals surface area contributed by atoms with Gasteiger partial charge in [-0.1, -0.05) is 43.3 Å². The Morgan fingerprint density at radius 1 is 1.14 bits per heavy atom. The molecule has 3 heteroatoms. The van der Waals surface area contributed by atoms with E-state index in [2.05, 4.69) is 59.6 Å². The van der Waals surface area contributed by atoms with E-state index in [4.69, 9.17) is 0 Å². The molecule has 1 atom stereocenters. The predicted octanol–water partition coefficient (Wildman–Crippen LogP) is 3.16. The van der Waals surface area contributed by atoms with E-state index in [1.165, 1.54) is 10.8 Å². The summed E-state index contributed by atoms with van der Waals surface area (Å²) in [6.45, 7) is 5.87. The molecule has 0 amide bonds. The summed E-state index contributed by atoms with van der Waals surface area (Å²) in [4.78, 5) is 15.0. The average Bonchev–Trinajstić information content (AvgIpc) is 2.56. The van der Waals surface area contributed by atoms with Gasteiger partial charge in [-0.05, 0) is 28.8 Å². The molecule has 1 fully saturated rings. The molecule has 2 aromatic carbocycles. The molecule has 0 bridgehead atoms. The van der Waals surface area contributed by atoms with Gasteiger partial charge in [0.25, 0.3) is 0 Å². The quantitative estimate of drug-likeness (QED) is 0.920. The number of nitrogens with one attached hydrogen (secondary N) is 1. The average molecular weight is 296 g/mol. The standard InChI is InChI=1S/C19H24N2O/c1-2-5-18(22)19(21-12-10-20-11-13-21)17-9-8-15-6-3-4-7-16(15)14-17/h3-4,6-9,14,19-20H,2,5,10-13H2,1H3. The van der Waals surface area contributed by atoms with E-state index in [1.807, 2.05) is 0 Å². The normalized spacial score (nSPS) is 17.5. The Hall–Kier alpha value is -1.71. The molecule has 0 aliphatic carbocycles. The Morgan fingerprint density at radius 3 is 2.59 bits per heavy atom. The number of rotatable bonds is 5. The Morgan fingerprint density at radius 2 is 1.86 bits per heavy atom. The molecule has 3 nitrogen and oxygen atoms in total. The van der Waals surface area contributed by atoms with Gasteiger partial charge in [0.05, 0.1) is 6.04 Å². The molecule has 0 aromatic heterocycles. The van der Waals surface area contributed by atoms with Gasteiger partial charge in [-0.15, -0.1) is 0 Å². The molecule has 0 radical (unpaired) electrons. The van der Waals surface area contributed by atoms with Crippen LogP contribution in [-0.2, 0) is 4.79 Å². The van der Waals surface area contributed by atoms with Crippen LogP contribution in [0.1, 0.15) is 31.4 Å². The second-order valence-corrected chi connectivity index (χ2v) is 6.01. The second-order valence-electron chi connectivity index (χ2n) is 6.01. The number of benzene rings is 2. The van der Waals surface area contributed by atoms with Gasteiger partial charge in [-0.3, -0.25) is 9.69 Å². The number of piperazine rings is 1. The van der Waals surface area contributed by atoms with Crippen molar-refractivity contribution in [1.82, 2.24) is 10.2 Å². The van der Waals surface area contributed by atoms with Gasteiger partial charge in [0.1, 0.15) is 0 Å². The molecule has 1 saturated heterocycles. The van der Waals surface area contributed by atoms with E-state index in [0.717, 1.165) is 38.2 Å². The van der Waals surface area contributed by atoms with Crippen LogP contribution in [0.4, 0.5) is 0 Å². The van der Waals surface area contributed by atoms with Gasteiger partial charge in [0, 0.05) is 32.6 Å². The molecule has 0 spiro atoms. The van der Waals surface area contributed by atoms with Crippen LogP contribution in [0.25, 0.3) is 10.8 Å². The van der Waals surface area contributed by atoms with Crippen molar-refractivity contribution < 1.29 is 4.79 Å². The maximum absolute atomic E-state index is 12.7. The van der Waals surface area contributed by atoms with Crippen LogP contribution >= 0.6 is 0 Å². The highest BCUT2D eigenvalue weighted by molar-refractivity contribution is 5.88. The van der Waals surface area contributed by atoms with Crippen LogP contribution in [0.2, 0.25) is 0 Å². The number of hydrogen-bond acceptors (Lipinski definition) is 3. The maximum Gasteiger partial charge on any atom is 0.154 e. The molecular formula is C19H24N2O. The van der Waals surface area contributed by atoms with Gasteiger partial charge in [0.15, 0.2) is 5.78 Å². The van der Waals surface area contributed by atoms with Gasteiger partial charge in [0.2, 0.25) is 0 Å². The fourth-order valence-corrected chi connectivity index (χ4v) is 3.30. The summed E-state index contributed by atoms with van der Waals surface area (Å²) in [5, 5.41) is 5.81. The van der Waals surface area contributed by atoms with Crippen molar-refractivity contribution in [2.45, 2.75) is 25.8 Å². The first-order valence-electron chi connectivity index (χ1n) is 8.26. The minimum atomic E-state index is -0.0911. The largest absolute Gasteiger partial charge is 0.314 e. The van der Waals surface area contributed by atoms with Crippen molar-refractivity contribution in [3.8, 4) is 0 Å². The Balaban J connectivity index is 1.96. The lowest BCUT2D eigenvalue weighted by molar-refractivity contribution is -0.124. The minimum absolute atomic E-state index is 0.0911. The number of carbonyl (C=O) groups excluding carboxylic acids is 1. The van der Waals surface area contributed by atoms with Crippen molar-refractivity contribution in [3.05, 3.63) is 48.0 Å². The summed E-state index contributed by atoms with van der Waals surface area (Å²) in [5.74, 6) is 0.347. The van der Waals surface area contributed by atoms with E-state index in [9.17, 15) is 4.79 Å². The first kappa shape index (κ1) is 15.2. The highest BCUT2D eigenvalue weighted by Crippen LogP contribution is 2.27. The number of fused-ring (bicyclic) bond motifs is 1. The summed E-state index contributed by atoms with van der Waals surface area (Å²) in [7, 11) is 0. The molecule has 1 aliphatic rings. The Bertz CT molecular complexity index is 647. The van der Waals surface area contributed by atoms with E-state index in [-0.39, 0.29) is 6.04 Å². The molecule has 3 rings (SSSR count). The molecular weight excluding hydrogens is 272 g/mol.